The summed E-state index contributed by atoms with van der Waals surface area (Å²) < 4.78 is 0. The van der Waals surface area contributed by atoms with E-state index >= 15 is 0 Å². The number of nitrogens with one attached hydrogen (secondary N) is 2. The maximum atomic E-state index is 11.0. The fraction of sp³-hybridized carbons (Fsp3) is 0.235. The van der Waals surface area contributed by atoms with Crippen LogP contribution in [-0.2, 0) is 0 Å². The number of pyridine rings is 1. The number of thiocarbonyl (C=S) groups is 1. The molecule has 3 heterocycles. The summed E-state index contributed by atoms with van der Waals surface area (Å²) in [6, 6.07) is 6.91. The second-order valence-electron chi connectivity index (χ2n) is 6.04. The molecule has 0 saturated heterocycles. The first-order chi connectivity index (χ1) is 12.6. The third kappa shape index (κ3) is 3.78. The quantitative estimate of drug-likeness (QED) is 0.576. The minimum absolute atomic E-state index is 0.261. The molecule has 0 radical (unpaired) electrons. The summed E-state index contributed by atoms with van der Waals surface area (Å²) >= 11 is 6.44. The van der Waals surface area contributed by atoms with Crippen LogP contribution in [0.15, 0.2) is 30.5 Å². The number of aromatic carboxylic acids is 1. The standard InChI is InChI=1S/C17H15N5O2S2/c23-16(24)13-5-4-12(26-13)11-8-18-10-3-6-14(21-15(10)20-11)22-17(25)19-7-9-1-2-9/h3-6,8-9H,1-2,7H2,(H,23,24)(H2,19,20,21,22,25). The van der Waals surface area contributed by atoms with E-state index in [0.29, 0.717) is 27.8 Å². The van der Waals surface area contributed by atoms with Gasteiger partial charge in [0.25, 0.3) is 0 Å². The molecule has 1 aliphatic carbocycles. The van der Waals surface area contributed by atoms with Gasteiger partial charge in [-0.3, -0.25) is 4.98 Å². The van der Waals surface area contributed by atoms with Gasteiger partial charge in [-0.05, 0) is 55.2 Å². The maximum absolute atomic E-state index is 11.0. The number of hydrogen-bond acceptors (Lipinski definition) is 6. The number of aromatic nitrogens is 3. The van der Waals surface area contributed by atoms with E-state index in [0.717, 1.165) is 28.7 Å². The van der Waals surface area contributed by atoms with E-state index in [4.69, 9.17) is 17.3 Å². The molecule has 3 aromatic rings. The Balaban J connectivity index is 1.55. The summed E-state index contributed by atoms with van der Waals surface area (Å²) in [7, 11) is 0. The molecule has 0 unspecified atom stereocenters. The molecule has 0 aromatic carbocycles. The zero-order valence-corrected chi connectivity index (χ0v) is 15.2. The van der Waals surface area contributed by atoms with Gasteiger partial charge < -0.3 is 15.7 Å². The zero-order chi connectivity index (χ0) is 18.1. The van der Waals surface area contributed by atoms with E-state index in [-0.39, 0.29) is 4.88 Å². The van der Waals surface area contributed by atoms with Crippen LogP contribution in [-0.4, -0.2) is 37.7 Å². The van der Waals surface area contributed by atoms with Crippen molar-refractivity contribution in [2.24, 2.45) is 5.92 Å². The third-order valence-electron chi connectivity index (χ3n) is 3.97. The molecule has 1 saturated carbocycles. The summed E-state index contributed by atoms with van der Waals surface area (Å²) in [6.45, 7) is 0.883. The van der Waals surface area contributed by atoms with Crippen molar-refractivity contribution in [2.45, 2.75) is 12.8 Å². The Morgan fingerprint density at radius 2 is 2.12 bits per heavy atom. The van der Waals surface area contributed by atoms with Gasteiger partial charge in [-0.15, -0.1) is 11.3 Å². The number of nitrogens with zero attached hydrogens (tertiary/aromatic N) is 3. The van der Waals surface area contributed by atoms with Crippen LogP contribution in [0.4, 0.5) is 5.82 Å². The van der Waals surface area contributed by atoms with Crippen molar-refractivity contribution in [3.05, 3.63) is 35.3 Å². The molecule has 132 valence electrons. The molecule has 3 aromatic heterocycles. The van der Waals surface area contributed by atoms with Gasteiger partial charge in [-0.2, -0.15) is 0 Å². The molecule has 4 rings (SSSR count). The second-order valence-corrected chi connectivity index (χ2v) is 7.53. The fourth-order valence-electron chi connectivity index (χ4n) is 2.40. The summed E-state index contributed by atoms with van der Waals surface area (Å²) in [5.74, 6) is 0.371. The van der Waals surface area contributed by atoms with Crippen LogP contribution >= 0.6 is 23.6 Å². The smallest absolute Gasteiger partial charge is 0.345 e. The topological polar surface area (TPSA) is 100 Å². The molecule has 9 heteroatoms. The van der Waals surface area contributed by atoms with E-state index in [9.17, 15) is 4.79 Å². The van der Waals surface area contributed by atoms with Gasteiger partial charge in [0.2, 0.25) is 0 Å². The van der Waals surface area contributed by atoms with E-state index in [1.165, 1.54) is 12.8 Å². The highest BCUT2D eigenvalue weighted by Crippen LogP contribution is 2.28. The number of thiophene rings is 1. The molecule has 0 bridgehead atoms. The monoisotopic (exact) mass is 385 g/mol. The van der Waals surface area contributed by atoms with E-state index < -0.39 is 5.97 Å². The summed E-state index contributed by atoms with van der Waals surface area (Å²) in [6.07, 6.45) is 4.14. The molecular weight excluding hydrogens is 370 g/mol. The Kier molecular flexibility index (Phi) is 4.48. The Morgan fingerprint density at radius 3 is 2.85 bits per heavy atom. The van der Waals surface area contributed by atoms with Gasteiger partial charge in [0, 0.05) is 6.54 Å². The minimum Gasteiger partial charge on any atom is -0.477 e. The SMILES string of the molecule is O=C(O)c1ccc(-c2cnc3ccc(NC(=S)NCC4CC4)nc3n2)s1. The highest BCUT2D eigenvalue weighted by molar-refractivity contribution is 7.80. The fourth-order valence-corrected chi connectivity index (χ4v) is 3.38. The van der Waals surface area contributed by atoms with Crippen molar-refractivity contribution in [3.63, 3.8) is 0 Å². The van der Waals surface area contributed by atoms with E-state index in [1.54, 1.807) is 24.4 Å². The van der Waals surface area contributed by atoms with Gasteiger partial charge in [0.15, 0.2) is 10.8 Å². The third-order valence-corrected chi connectivity index (χ3v) is 5.31. The lowest BCUT2D eigenvalue weighted by atomic mass is 10.3. The van der Waals surface area contributed by atoms with E-state index in [2.05, 4.69) is 25.6 Å². The summed E-state index contributed by atoms with van der Waals surface area (Å²) in [4.78, 5) is 25.4. The highest BCUT2D eigenvalue weighted by atomic mass is 32.1. The first kappa shape index (κ1) is 16.8. The molecule has 1 aliphatic rings. The zero-order valence-electron chi connectivity index (χ0n) is 13.6. The average Bonchev–Trinajstić information content (AvgIpc) is 3.32. The van der Waals surface area contributed by atoms with Crippen LogP contribution < -0.4 is 10.6 Å². The molecular formula is C17H15N5O2S2. The van der Waals surface area contributed by atoms with Crippen LogP contribution in [0.2, 0.25) is 0 Å². The van der Waals surface area contributed by atoms with Crippen LogP contribution in [0.1, 0.15) is 22.5 Å². The predicted molar refractivity (Wildman–Crippen MR) is 105 cm³/mol. The first-order valence-electron chi connectivity index (χ1n) is 8.10. The lowest BCUT2D eigenvalue weighted by molar-refractivity contribution is 0.0702. The van der Waals surface area contributed by atoms with Gasteiger partial charge in [0.05, 0.1) is 11.1 Å². The molecule has 3 N–H and O–H groups in total. The average molecular weight is 385 g/mol. The number of rotatable bonds is 5. The number of carboxylic acid groups (broad SMARTS) is 1. The summed E-state index contributed by atoms with van der Waals surface area (Å²) in [5, 5.41) is 15.8. The van der Waals surface area contributed by atoms with Gasteiger partial charge in [0.1, 0.15) is 21.9 Å². The van der Waals surface area contributed by atoms with Crippen LogP contribution in [0.5, 0.6) is 0 Å². The number of hydrogen-bond donors (Lipinski definition) is 3. The second kappa shape index (κ2) is 6.93. The number of carbonyl (C=O) groups is 1. The van der Waals surface area contributed by atoms with Crippen molar-refractivity contribution in [1.82, 2.24) is 20.3 Å². The Hall–Kier alpha value is -2.65. The van der Waals surface area contributed by atoms with Gasteiger partial charge in [-0.1, -0.05) is 0 Å². The van der Waals surface area contributed by atoms with Crippen molar-refractivity contribution in [1.29, 1.82) is 0 Å². The van der Waals surface area contributed by atoms with Crippen molar-refractivity contribution in [3.8, 4) is 10.6 Å². The van der Waals surface area contributed by atoms with E-state index in [1.807, 2.05) is 6.07 Å². The highest BCUT2D eigenvalue weighted by Gasteiger charge is 2.21. The van der Waals surface area contributed by atoms with Crippen molar-refractivity contribution < 1.29 is 9.90 Å². The molecule has 0 aliphatic heterocycles. The molecule has 0 amide bonds. The van der Waals surface area contributed by atoms with Crippen LogP contribution in [0.25, 0.3) is 21.7 Å². The van der Waals surface area contributed by atoms with Gasteiger partial charge >= 0.3 is 5.97 Å². The molecule has 0 spiro atoms. The number of carboxylic acids is 1. The summed E-state index contributed by atoms with van der Waals surface area (Å²) in [5.41, 5.74) is 1.73. The Labute approximate surface area is 158 Å². The molecule has 0 atom stereocenters. The molecule has 26 heavy (non-hydrogen) atoms. The molecule has 1 fully saturated rings. The van der Waals surface area contributed by atoms with Crippen molar-refractivity contribution in [2.75, 3.05) is 11.9 Å². The van der Waals surface area contributed by atoms with Crippen LogP contribution in [0.3, 0.4) is 0 Å². The van der Waals surface area contributed by atoms with Crippen LogP contribution in [0, 0.1) is 5.92 Å². The lowest BCUT2D eigenvalue weighted by Gasteiger charge is -2.09. The Bertz CT molecular complexity index is 1000. The number of anilines is 1. The predicted octanol–water partition coefficient (Wildman–Crippen LogP) is 3.15. The molecule has 7 nitrogen and oxygen atoms in total. The normalized spacial score (nSPS) is 13.5. The first-order valence-corrected chi connectivity index (χ1v) is 9.33. The van der Waals surface area contributed by atoms with Crippen molar-refractivity contribution >= 4 is 51.6 Å². The van der Waals surface area contributed by atoms with Gasteiger partial charge in [-0.25, -0.2) is 14.8 Å². The Morgan fingerprint density at radius 1 is 1.27 bits per heavy atom. The maximum Gasteiger partial charge on any atom is 0.345 e. The largest absolute Gasteiger partial charge is 0.477 e. The minimum atomic E-state index is -0.952. The number of fused-ring (bicyclic) bond motifs is 1. The lowest BCUT2D eigenvalue weighted by Crippen LogP contribution is -2.30.